The van der Waals surface area contributed by atoms with E-state index in [2.05, 4.69) is 22.2 Å². The maximum Gasteiger partial charge on any atom is 0.162 e. The van der Waals surface area contributed by atoms with Crippen LogP contribution in [0, 0.1) is 0 Å². The summed E-state index contributed by atoms with van der Waals surface area (Å²) >= 11 is 0. The number of nitrogens with one attached hydrogen (secondary N) is 1. The van der Waals surface area contributed by atoms with E-state index in [0.29, 0.717) is 18.9 Å². The zero-order chi connectivity index (χ0) is 16.8. The molecule has 0 saturated heterocycles. The standard InChI is InChI=1S/C19H22N4O/c1-2-13-24-15-9-7-14(8-10-15)18-22-17-6-4-3-5-16(17)19(23-18)21-12-11-20/h3-10H,2,11-13,20H2,1H3,(H,21,22,23). The van der Waals surface area contributed by atoms with Crippen molar-refractivity contribution in [1.29, 1.82) is 0 Å². The fourth-order valence-corrected chi connectivity index (χ4v) is 2.45. The largest absolute Gasteiger partial charge is 0.494 e. The van der Waals surface area contributed by atoms with Crippen molar-refractivity contribution in [3.63, 3.8) is 0 Å². The molecule has 3 aromatic rings. The number of ether oxygens (including phenoxy) is 1. The molecule has 1 heterocycles. The molecule has 0 aliphatic rings. The van der Waals surface area contributed by atoms with E-state index in [1.165, 1.54) is 0 Å². The molecular formula is C19H22N4O. The molecule has 0 amide bonds. The SMILES string of the molecule is CCCOc1ccc(-c2nc(NCCN)c3ccccc3n2)cc1. The average Bonchev–Trinajstić information content (AvgIpc) is 2.64. The molecule has 124 valence electrons. The topological polar surface area (TPSA) is 73.1 Å². The molecule has 0 bridgehead atoms. The Labute approximate surface area is 141 Å². The molecule has 0 unspecified atom stereocenters. The second-order valence-corrected chi connectivity index (χ2v) is 5.50. The van der Waals surface area contributed by atoms with Gasteiger partial charge in [-0.3, -0.25) is 0 Å². The summed E-state index contributed by atoms with van der Waals surface area (Å²) in [5.74, 6) is 2.37. The third kappa shape index (κ3) is 3.63. The number of nitrogens with zero attached hydrogens (tertiary/aromatic N) is 2. The summed E-state index contributed by atoms with van der Waals surface area (Å²) in [7, 11) is 0. The molecule has 0 aliphatic heterocycles. The van der Waals surface area contributed by atoms with Crippen molar-refractivity contribution >= 4 is 16.7 Å². The molecule has 24 heavy (non-hydrogen) atoms. The third-order valence-corrected chi connectivity index (χ3v) is 3.63. The van der Waals surface area contributed by atoms with Crippen molar-refractivity contribution in [3.05, 3.63) is 48.5 Å². The summed E-state index contributed by atoms with van der Waals surface area (Å²) in [5, 5.41) is 4.28. The molecule has 0 aliphatic carbocycles. The van der Waals surface area contributed by atoms with Crippen LogP contribution in [0.3, 0.4) is 0 Å². The second kappa shape index (κ2) is 7.75. The van der Waals surface area contributed by atoms with Gasteiger partial charge in [0, 0.05) is 24.0 Å². The van der Waals surface area contributed by atoms with Crippen LogP contribution >= 0.6 is 0 Å². The van der Waals surface area contributed by atoms with E-state index in [-0.39, 0.29) is 0 Å². The summed E-state index contributed by atoms with van der Waals surface area (Å²) < 4.78 is 5.63. The van der Waals surface area contributed by atoms with E-state index in [1.807, 2.05) is 48.5 Å². The quantitative estimate of drug-likeness (QED) is 0.697. The minimum atomic E-state index is 0.553. The van der Waals surface area contributed by atoms with Crippen LogP contribution in [0.15, 0.2) is 48.5 Å². The Balaban J connectivity index is 1.96. The summed E-state index contributed by atoms with van der Waals surface area (Å²) in [5.41, 5.74) is 7.48. The van der Waals surface area contributed by atoms with Crippen LogP contribution < -0.4 is 15.8 Å². The summed E-state index contributed by atoms with van der Waals surface area (Å²) in [6, 6.07) is 15.9. The van der Waals surface area contributed by atoms with Crippen molar-refractivity contribution in [2.24, 2.45) is 5.73 Å². The van der Waals surface area contributed by atoms with Gasteiger partial charge in [-0.15, -0.1) is 0 Å². The molecule has 3 rings (SSSR count). The lowest BCUT2D eigenvalue weighted by atomic mass is 10.1. The highest BCUT2D eigenvalue weighted by Gasteiger charge is 2.09. The summed E-state index contributed by atoms with van der Waals surface area (Å²) in [6.07, 6.45) is 0.992. The van der Waals surface area contributed by atoms with Crippen LogP contribution in [0.5, 0.6) is 5.75 Å². The van der Waals surface area contributed by atoms with Crippen molar-refractivity contribution in [2.75, 3.05) is 25.0 Å². The first-order chi connectivity index (χ1) is 11.8. The minimum absolute atomic E-state index is 0.553. The number of fused-ring (bicyclic) bond motifs is 1. The Bertz CT molecular complexity index is 802. The highest BCUT2D eigenvalue weighted by atomic mass is 16.5. The summed E-state index contributed by atoms with van der Waals surface area (Å²) in [4.78, 5) is 9.36. The van der Waals surface area contributed by atoms with E-state index in [4.69, 9.17) is 10.5 Å². The molecular weight excluding hydrogens is 300 g/mol. The summed E-state index contributed by atoms with van der Waals surface area (Å²) in [6.45, 7) is 4.04. The number of hydrogen-bond acceptors (Lipinski definition) is 5. The lowest BCUT2D eigenvalue weighted by Gasteiger charge is -2.11. The van der Waals surface area contributed by atoms with Crippen LogP contribution in [-0.2, 0) is 0 Å². The van der Waals surface area contributed by atoms with Gasteiger partial charge in [0.15, 0.2) is 5.82 Å². The fraction of sp³-hybridized carbons (Fsp3) is 0.263. The predicted octanol–water partition coefficient (Wildman–Crippen LogP) is 3.46. The van der Waals surface area contributed by atoms with Crippen molar-refractivity contribution in [1.82, 2.24) is 9.97 Å². The number of anilines is 1. The highest BCUT2D eigenvalue weighted by molar-refractivity contribution is 5.90. The average molecular weight is 322 g/mol. The van der Waals surface area contributed by atoms with E-state index in [9.17, 15) is 0 Å². The van der Waals surface area contributed by atoms with Gasteiger partial charge in [0.25, 0.3) is 0 Å². The first-order valence-electron chi connectivity index (χ1n) is 8.25. The van der Waals surface area contributed by atoms with Gasteiger partial charge >= 0.3 is 0 Å². The zero-order valence-corrected chi connectivity index (χ0v) is 13.8. The Morgan fingerprint density at radius 3 is 2.58 bits per heavy atom. The van der Waals surface area contributed by atoms with Crippen LogP contribution in [0.1, 0.15) is 13.3 Å². The lowest BCUT2D eigenvalue weighted by Crippen LogP contribution is -2.14. The van der Waals surface area contributed by atoms with Crippen molar-refractivity contribution in [3.8, 4) is 17.1 Å². The molecule has 0 radical (unpaired) electrons. The van der Waals surface area contributed by atoms with Crippen LogP contribution in [0.2, 0.25) is 0 Å². The van der Waals surface area contributed by atoms with Crippen molar-refractivity contribution < 1.29 is 4.74 Å². The van der Waals surface area contributed by atoms with E-state index in [1.54, 1.807) is 0 Å². The Kier molecular flexibility index (Phi) is 5.23. The smallest absolute Gasteiger partial charge is 0.162 e. The van der Waals surface area contributed by atoms with E-state index < -0.39 is 0 Å². The van der Waals surface area contributed by atoms with Crippen LogP contribution in [-0.4, -0.2) is 29.7 Å². The third-order valence-electron chi connectivity index (χ3n) is 3.63. The molecule has 5 nitrogen and oxygen atoms in total. The predicted molar refractivity (Wildman–Crippen MR) is 98.3 cm³/mol. The number of nitrogens with two attached hydrogens (primary N) is 1. The molecule has 2 aromatic carbocycles. The van der Waals surface area contributed by atoms with Gasteiger partial charge in [-0.05, 0) is 42.8 Å². The van der Waals surface area contributed by atoms with Crippen LogP contribution in [0.25, 0.3) is 22.3 Å². The minimum Gasteiger partial charge on any atom is -0.494 e. The van der Waals surface area contributed by atoms with Crippen LogP contribution in [0.4, 0.5) is 5.82 Å². The Morgan fingerprint density at radius 2 is 1.83 bits per heavy atom. The van der Waals surface area contributed by atoms with Gasteiger partial charge in [0.05, 0.1) is 12.1 Å². The molecule has 0 saturated carbocycles. The first kappa shape index (κ1) is 16.2. The second-order valence-electron chi connectivity index (χ2n) is 5.50. The number of hydrogen-bond donors (Lipinski definition) is 2. The maximum atomic E-state index is 5.63. The van der Waals surface area contributed by atoms with Gasteiger partial charge < -0.3 is 15.8 Å². The number of benzene rings is 2. The zero-order valence-electron chi connectivity index (χ0n) is 13.8. The normalized spacial score (nSPS) is 10.8. The molecule has 0 fully saturated rings. The van der Waals surface area contributed by atoms with Gasteiger partial charge in [0.2, 0.25) is 0 Å². The van der Waals surface area contributed by atoms with Gasteiger partial charge in [-0.1, -0.05) is 19.1 Å². The number of para-hydroxylation sites is 1. The number of aromatic nitrogens is 2. The van der Waals surface area contributed by atoms with Gasteiger partial charge in [-0.25, -0.2) is 9.97 Å². The van der Waals surface area contributed by atoms with Gasteiger partial charge in [-0.2, -0.15) is 0 Å². The molecule has 0 spiro atoms. The lowest BCUT2D eigenvalue weighted by molar-refractivity contribution is 0.317. The Morgan fingerprint density at radius 1 is 1.04 bits per heavy atom. The highest BCUT2D eigenvalue weighted by Crippen LogP contribution is 2.26. The van der Waals surface area contributed by atoms with E-state index >= 15 is 0 Å². The molecule has 0 atom stereocenters. The molecule has 3 N–H and O–H groups in total. The van der Waals surface area contributed by atoms with Gasteiger partial charge in [0.1, 0.15) is 11.6 Å². The Hall–Kier alpha value is -2.66. The molecule has 1 aromatic heterocycles. The number of rotatable bonds is 7. The monoisotopic (exact) mass is 322 g/mol. The fourth-order valence-electron chi connectivity index (χ4n) is 2.45. The first-order valence-corrected chi connectivity index (χ1v) is 8.25. The van der Waals surface area contributed by atoms with E-state index in [0.717, 1.165) is 41.1 Å². The van der Waals surface area contributed by atoms with Crippen molar-refractivity contribution in [2.45, 2.75) is 13.3 Å². The maximum absolute atomic E-state index is 5.63. The molecule has 5 heteroatoms.